The Kier molecular flexibility index (Phi) is 15.1. The fourth-order valence-electron chi connectivity index (χ4n) is 8.50. The van der Waals surface area contributed by atoms with Crippen LogP contribution < -0.4 is 16.0 Å². The van der Waals surface area contributed by atoms with Crippen LogP contribution in [0.4, 0.5) is 0 Å². The molecule has 0 aromatic heterocycles. The fraction of sp³-hybridized carbons (Fsp3) is 0.865. The third kappa shape index (κ3) is 11.2. The van der Waals surface area contributed by atoms with E-state index in [1.807, 2.05) is 13.8 Å². The molecular weight excluding hydrogens is 628 g/mol. The zero-order chi connectivity index (χ0) is 34.7. The second-order valence-electron chi connectivity index (χ2n) is 15.8. The van der Waals surface area contributed by atoms with E-state index in [0.717, 1.165) is 32.1 Å². The van der Waals surface area contributed by atoms with E-state index in [1.165, 1.54) is 54.8 Å². The van der Waals surface area contributed by atoms with E-state index in [0.29, 0.717) is 68.9 Å². The van der Waals surface area contributed by atoms with E-state index in [1.54, 1.807) is 0 Å². The molecule has 4 atom stereocenters. The van der Waals surface area contributed by atoms with Gasteiger partial charge in [0.1, 0.15) is 12.1 Å². The van der Waals surface area contributed by atoms with Crippen LogP contribution in [0.3, 0.4) is 0 Å². The van der Waals surface area contributed by atoms with Gasteiger partial charge in [0.25, 0.3) is 0 Å². The molecule has 0 bridgehead atoms. The Labute approximate surface area is 290 Å². The molecule has 0 radical (unpaired) electrons. The van der Waals surface area contributed by atoms with Gasteiger partial charge in [0, 0.05) is 31.5 Å². The van der Waals surface area contributed by atoms with E-state index in [2.05, 4.69) is 29.1 Å². The van der Waals surface area contributed by atoms with Gasteiger partial charge in [-0.15, -0.1) is 0 Å². The fourth-order valence-corrected chi connectivity index (χ4v) is 10.8. The van der Waals surface area contributed by atoms with E-state index < -0.39 is 33.3 Å². The number of aliphatic carboxylic acids is 1. The Hall–Kier alpha value is -2.14. The molecule has 1 heterocycles. The Balaban J connectivity index is 1.32. The summed E-state index contributed by atoms with van der Waals surface area (Å²) in [6.07, 6.45) is 18.6. The first-order valence-corrected chi connectivity index (χ1v) is 20.7. The molecule has 3 fully saturated rings. The van der Waals surface area contributed by atoms with Gasteiger partial charge in [0.05, 0.1) is 5.25 Å². The molecule has 2 unspecified atom stereocenters. The maximum Gasteiger partial charge on any atom is 0.322 e. The Bertz CT molecular complexity index is 1190. The summed E-state index contributed by atoms with van der Waals surface area (Å²) in [5.41, 5.74) is 1.20. The second kappa shape index (κ2) is 18.7. The zero-order valence-corrected chi connectivity index (χ0v) is 30.7. The molecule has 0 saturated heterocycles. The van der Waals surface area contributed by atoms with Gasteiger partial charge >= 0.3 is 5.97 Å². The summed E-state index contributed by atoms with van der Waals surface area (Å²) in [5.74, 6) is 0.0696. The molecule has 1 aliphatic heterocycles. The number of hydrogen-bond donors (Lipinski definition) is 4. The largest absolute Gasteiger partial charge is 0.480 e. The standard InChI is InChI=1S/C37H64N4O6S/c1-26(2)25-41(48(46,47)30-19-16-27(3)17-20-30)34(37(44)45)15-9-10-22-38-36(43)33(23-29-24-39-32-14-8-7-13-31(29)32)40-35(42)21-18-28-11-5-4-6-12-28/h24,26-28,30-34,39H,4-23,25H2,1-3H3,(H,38,43)(H,40,42)(H,44,45)/t27?,30?,31?,32?,33-,34-/m0/s1. The maximum atomic E-state index is 13.7. The molecule has 11 heteroatoms. The number of carboxylic acid groups (broad SMARTS) is 1. The lowest BCUT2D eigenvalue weighted by atomic mass is 9.80. The average Bonchev–Trinajstić information content (AvgIpc) is 3.47. The topological polar surface area (TPSA) is 145 Å². The lowest BCUT2D eigenvalue weighted by molar-refractivity contribution is -0.142. The van der Waals surface area contributed by atoms with Crippen LogP contribution in [-0.4, -0.2) is 72.1 Å². The highest BCUT2D eigenvalue weighted by atomic mass is 32.2. The monoisotopic (exact) mass is 692 g/mol. The van der Waals surface area contributed by atoms with E-state index >= 15 is 0 Å². The number of carbonyl (C=O) groups is 3. The van der Waals surface area contributed by atoms with E-state index in [9.17, 15) is 27.9 Å². The van der Waals surface area contributed by atoms with Crippen molar-refractivity contribution in [1.29, 1.82) is 0 Å². The predicted octanol–water partition coefficient (Wildman–Crippen LogP) is 5.87. The van der Waals surface area contributed by atoms with Gasteiger partial charge in [0.2, 0.25) is 21.8 Å². The molecule has 4 N–H and O–H groups in total. The van der Waals surface area contributed by atoms with Gasteiger partial charge in [-0.05, 0) is 100 Å². The number of nitrogens with zero attached hydrogens (tertiary/aromatic N) is 1. The number of nitrogens with one attached hydrogen (secondary N) is 3. The molecule has 2 amide bonds. The number of carbonyl (C=O) groups excluding carboxylic acids is 2. The van der Waals surface area contributed by atoms with Crippen molar-refractivity contribution in [3.05, 3.63) is 11.8 Å². The number of amides is 2. The van der Waals surface area contributed by atoms with Gasteiger partial charge in [-0.2, -0.15) is 4.31 Å². The molecule has 274 valence electrons. The van der Waals surface area contributed by atoms with Crippen LogP contribution in [0.15, 0.2) is 11.8 Å². The molecular formula is C37H64N4O6S. The SMILES string of the molecule is CC(C)CN([C@@H](CCCCNC(=O)[C@H](CC1=CNC2CCCCC12)NC(=O)CCC1CCCCC1)C(=O)O)S(=O)(=O)C1CCC(C)CC1. The van der Waals surface area contributed by atoms with Crippen molar-refractivity contribution in [2.24, 2.45) is 23.7 Å². The number of hydrogen-bond acceptors (Lipinski definition) is 6. The maximum absolute atomic E-state index is 13.7. The number of rotatable bonds is 18. The quantitative estimate of drug-likeness (QED) is 0.132. The molecule has 48 heavy (non-hydrogen) atoms. The Morgan fingerprint density at radius 3 is 2.33 bits per heavy atom. The Morgan fingerprint density at radius 1 is 0.958 bits per heavy atom. The summed E-state index contributed by atoms with van der Waals surface area (Å²) in [6, 6.07) is -1.37. The number of unbranched alkanes of at least 4 members (excludes halogenated alkanes) is 1. The van der Waals surface area contributed by atoms with Gasteiger partial charge in [-0.25, -0.2) is 8.42 Å². The summed E-state index contributed by atoms with van der Waals surface area (Å²) in [4.78, 5) is 39.1. The first-order chi connectivity index (χ1) is 23.0. The number of carboxylic acids is 1. The van der Waals surface area contributed by atoms with Crippen LogP contribution in [0.25, 0.3) is 0 Å². The highest BCUT2D eigenvalue weighted by Crippen LogP contribution is 2.36. The summed E-state index contributed by atoms with van der Waals surface area (Å²) in [5, 5.41) is 19.2. The minimum absolute atomic E-state index is 0.00712. The lowest BCUT2D eigenvalue weighted by Crippen LogP contribution is -2.50. The molecule has 4 aliphatic rings. The van der Waals surface area contributed by atoms with Crippen molar-refractivity contribution < 1.29 is 27.9 Å². The summed E-state index contributed by atoms with van der Waals surface area (Å²) in [7, 11) is -3.77. The molecule has 10 nitrogen and oxygen atoms in total. The van der Waals surface area contributed by atoms with Gasteiger partial charge < -0.3 is 21.1 Å². The van der Waals surface area contributed by atoms with Crippen LogP contribution in [0, 0.1) is 23.7 Å². The molecule has 0 aromatic rings. The highest BCUT2D eigenvalue weighted by molar-refractivity contribution is 7.89. The molecule has 3 saturated carbocycles. The van der Waals surface area contributed by atoms with Gasteiger partial charge in [0.15, 0.2) is 0 Å². The predicted molar refractivity (Wildman–Crippen MR) is 189 cm³/mol. The van der Waals surface area contributed by atoms with Crippen LogP contribution >= 0.6 is 0 Å². The summed E-state index contributed by atoms with van der Waals surface area (Å²) in [6.45, 7) is 6.47. The lowest BCUT2D eigenvalue weighted by Gasteiger charge is -2.35. The Morgan fingerprint density at radius 2 is 1.65 bits per heavy atom. The van der Waals surface area contributed by atoms with Crippen molar-refractivity contribution in [1.82, 2.24) is 20.3 Å². The van der Waals surface area contributed by atoms with Crippen molar-refractivity contribution in [3.8, 4) is 0 Å². The van der Waals surface area contributed by atoms with Crippen LogP contribution in [0.2, 0.25) is 0 Å². The van der Waals surface area contributed by atoms with Crippen LogP contribution in [-0.2, 0) is 24.4 Å². The average molecular weight is 693 g/mol. The second-order valence-corrected chi connectivity index (χ2v) is 17.9. The van der Waals surface area contributed by atoms with Crippen molar-refractivity contribution in [2.45, 2.75) is 166 Å². The van der Waals surface area contributed by atoms with Crippen molar-refractivity contribution >= 4 is 27.8 Å². The van der Waals surface area contributed by atoms with Gasteiger partial charge in [-0.3, -0.25) is 14.4 Å². The third-order valence-electron chi connectivity index (χ3n) is 11.4. The normalized spacial score (nSPS) is 26.3. The van der Waals surface area contributed by atoms with E-state index in [-0.39, 0.29) is 30.7 Å². The zero-order valence-electron chi connectivity index (χ0n) is 29.9. The number of sulfonamides is 1. The molecule has 3 aliphatic carbocycles. The van der Waals surface area contributed by atoms with E-state index in [4.69, 9.17) is 0 Å². The summed E-state index contributed by atoms with van der Waals surface area (Å²) >= 11 is 0. The smallest absolute Gasteiger partial charge is 0.322 e. The van der Waals surface area contributed by atoms with Gasteiger partial charge in [-0.1, -0.05) is 65.7 Å². The number of fused-ring (bicyclic) bond motifs is 1. The highest BCUT2D eigenvalue weighted by Gasteiger charge is 2.41. The van der Waals surface area contributed by atoms with Crippen molar-refractivity contribution in [2.75, 3.05) is 13.1 Å². The first-order valence-electron chi connectivity index (χ1n) is 19.2. The summed E-state index contributed by atoms with van der Waals surface area (Å²) < 4.78 is 28.8. The molecule has 0 aromatic carbocycles. The van der Waals surface area contributed by atoms with Crippen LogP contribution in [0.5, 0.6) is 0 Å². The first kappa shape index (κ1) is 38.7. The minimum atomic E-state index is -3.77. The molecule has 0 spiro atoms. The van der Waals surface area contributed by atoms with Crippen LogP contribution in [0.1, 0.15) is 143 Å². The molecule has 4 rings (SSSR count). The minimum Gasteiger partial charge on any atom is -0.480 e. The third-order valence-corrected chi connectivity index (χ3v) is 13.8. The van der Waals surface area contributed by atoms with Crippen molar-refractivity contribution in [3.63, 3.8) is 0 Å².